The molecule has 2 rings (SSSR count). The Morgan fingerprint density at radius 1 is 1.12 bits per heavy atom. The highest BCUT2D eigenvalue weighted by atomic mass is 35.5. The molecule has 0 fully saturated rings. The van der Waals surface area contributed by atoms with E-state index in [4.69, 9.17) is 16.3 Å². The molecule has 0 saturated heterocycles. The van der Waals surface area contributed by atoms with Gasteiger partial charge in [-0.1, -0.05) is 29.8 Å². The van der Waals surface area contributed by atoms with Crippen molar-refractivity contribution < 1.29 is 9.53 Å². The molecule has 24 heavy (non-hydrogen) atoms. The minimum absolute atomic E-state index is 0.0923. The third-order valence-corrected chi connectivity index (χ3v) is 3.98. The van der Waals surface area contributed by atoms with E-state index in [9.17, 15) is 4.79 Å². The van der Waals surface area contributed by atoms with Crippen LogP contribution in [0.15, 0.2) is 42.5 Å². The number of ether oxygens (including phenoxy) is 1. The van der Waals surface area contributed by atoms with Gasteiger partial charge in [0.05, 0.1) is 0 Å². The quantitative estimate of drug-likeness (QED) is 0.752. The molecule has 0 unspecified atom stereocenters. The zero-order valence-electron chi connectivity index (χ0n) is 14.4. The maximum Gasteiger partial charge on any atom is 0.260 e. The average molecular weight is 346 g/mol. The van der Waals surface area contributed by atoms with Gasteiger partial charge in [0, 0.05) is 11.6 Å². The van der Waals surface area contributed by atoms with Crippen molar-refractivity contribution in [3.05, 3.63) is 64.2 Å². The fraction of sp³-hybridized carbons (Fsp3) is 0.350. The van der Waals surface area contributed by atoms with Gasteiger partial charge in [0.1, 0.15) is 5.75 Å². The highest BCUT2D eigenvalue weighted by Crippen LogP contribution is 2.17. The summed E-state index contributed by atoms with van der Waals surface area (Å²) >= 11 is 5.86. The fourth-order valence-corrected chi connectivity index (χ4v) is 2.68. The fourth-order valence-electron chi connectivity index (χ4n) is 2.56. The molecule has 128 valence electrons. The van der Waals surface area contributed by atoms with Gasteiger partial charge in [0.15, 0.2) is 6.10 Å². The van der Waals surface area contributed by atoms with E-state index in [0.717, 1.165) is 34.7 Å². The topological polar surface area (TPSA) is 38.3 Å². The molecule has 0 radical (unpaired) electrons. The van der Waals surface area contributed by atoms with E-state index in [-0.39, 0.29) is 5.91 Å². The molecule has 0 heterocycles. The van der Waals surface area contributed by atoms with Crippen molar-refractivity contribution in [1.82, 2.24) is 5.32 Å². The van der Waals surface area contributed by atoms with E-state index in [1.165, 1.54) is 5.56 Å². The predicted molar refractivity (Wildman–Crippen MR) is 98.8 cm³/mol. The third-order valence-electron chi connectivity index (χ3n) is 3.73. The van der Waals surface area contributed by atoms with Crippen LogP contribution in [-0.4, -0.2) is 18.6 Å². The van der Waals surface area contributed by atoms with Crippen LogP contribution in [-0.2, 0) is 11.2 Å². The van der Waals surface area contributed by atoms with Gasteiger partial charge in [-0.3, -0.25) is 4.79 Å². The van der Waals surface area contributed by atoms with Crippen LogP contribution in [0.2, 0.25) is 5.02 Å². The lowest BCUT2D eigenvalue weighted by Gasteiger charge is -2.15. The summed E-state index contributed by atoms with van der Waals surface area (Å²) in [7, 11) is 0. The molecule has 0 bridgehead atoms. The first-order chi connectivity index (χ1) is 11.4. The van der Waals surface area contributed by atoms with Crippen LogP contribution in [0.3, 0.4) is 0 Å². The largest absolute Gasteiger partial charge is 0.481 e. The Morgan fingerprint density at radius 3 is 2.38 bits per heavy atom. The molecule has 2 aromatic rings. The van der Waals surface area contributed by atoms with Crippen LogP contribution in [0.4, 0.5) is 0 Å². The van der Waals surface area contributed by atoms with Crippen LogP contribution in [0, 0.1) is 13.8 Å². The molecule has 0 saturated carbocycles. The summed E-state index contributed by atoms with van der Waals surface area (Å²) in [5.74, 6) is 0.640. The van der Waals surface area contributed by atoms with Gasteiger partial charge in [-0.2, -0.15) is 0 Å². The second-order valence-corrected chi connectivity index (χ2v) is 6.54. The van der Waals surface area contributed by atoms with Crippen LogP contribution < -0.4 is 10.1 Å². The van der Waals surface area contributed by atoms with Crippen LogP contribution >= 0.6 is 11.6 Å². The lowest BCUT2D eigenvalue weighted by Crippen LogP contribution is -2.37. The van der Waals surface area contributed by atoms with Gasteiger partial charge in [-0.15, -0.1) is 0 Å². The number of hydrogen-bond acceptors (Lipinski definition) is 2. The number of benzene rings is 2. The molecule has 3 nitrogen and oxygen atoms in total. The molecule has 0 aliphatic carbocycles. The maximum atomic E-state index is 12.1. The Morgan fingerprint density at radius 2 is 1.75 bits per heavy atom. The second-order valence-electron chi connectivity index (χ2n) is 6.10. The third kappa shape index (κ3) is 5.89. The molecular weight excluding hydrogens is 322 g/mol. The monoisotopic (exact) mass is 345 g/mol. The van der Waals surface area contributed by atoms with Crippen LogP contribution in [0.25, 0.3) is 0 Å². The van der Waals surface area contributed by atoms with Gasteiger partial charge >= 0.3 is 0 Å². The first-order valence-electron chi connectivity index (χ1n) is 8.21. The Kier molecular flexibility index (Phi) is 6.68. The van der Waals surface area contributed by atoms with Gasteiger partial charge in [-0.25, -0.2) is 0 Å². The SMILES string of the molecule is Cc1cc(C)cc(O[C@H](C)C(=O)NCCCc2ccc(Cl)cc2)c1. The van der Waals surface area contributed by atoms with Crippen molar-refractivity contribution in [3.63, 3.8) is 0 Å². The number of halogens is 1. The zero-order chi connectivity index (χ0) is 17.5. The Hall–Kier alpha value is -2.00. The molecule has 1 amide bonds. The summed E-state index contributed by atoms with van der Waals surface area (Å²) in [6.07, 6.45) is 1.27. The molecular formula is C20H24ClNO2. The van der Waals surface area contributed by atoms with Gasteiger partial charge in [-0.05, 0) is 74.6 Å². The van der Waals surface area contributed by atoms with Crippen molar-refractivity contribution in [2.75, 3.05) is 6.54 Å². The molecule has 1 atom stereocenters. The molecule has 1 N–H and O–H groups in total. The Balaban J connectivity index is 1.74. The number of carbonyl (C=O) groups is 1. The van der Waals surface area contributed by atoms with E-state index in [1.807, 2.05) is 50.2 Å². The van der Waals surface area contributed by atoms with Gasteiger partial charge in [0.2, 0.25) is 0 Å². The Labute approximate surface area is 149 Å². The number of nitrogens with one attached hydrogen (secondary N) is 1. The summed E-state index contributed by atoms with van der Waals surface area (Å²) < 4.78 is 5.74. The molecule has 4 heteroatoms. The summed E-state index contributed by atoms with van der Waals surface area (Å²) in [5.41, 5.74) is 3.47. The number of rotatable bonds is 7. The minimum Gasteiger partial charge on any atom is -0.481 e. The summed E-state index contributed by atoms with van der Waals surface area (Å²) in [6, 6.07) is 13.7. The molecule has 0 aliphatic heterocycles. The van der Waals surface area contributed by atoms with Crippen LogP contribution in [0.5, 0.6) is 5.75 Å². The van der Waals surface area contributed by atoms with Crippen molar-refractivity contribution >= 4 is 17.5 Å². The minimum atomic E-state index is -0.512. The molecule has 0 aliphatic rings. The lowest BCUT2D eigenvalue weighted by atomic mass is 10.1. The highest BCUT2D eigenvalue weighted by molar-refractivity contribution is 6.30. The van der Waals surface area contributed by atoms with Crippen LogP contribution in [0.1, 0.15) is 30.0 Å². The number of carbonyl (C=O) groups excluding carboxylic acids is 1. The van der Waals surface area contributed by atoms with E-state index in [2.05, 4.69) is 11.4 Å². The molecule has 2 aromatic carbocycles. The summed E-state index contributed by atoms with van der Waals surface area (Å²) in [6.45, 7) is 6.43. The average Bonchev–Trinajstić information content (AvgIpc) is 2.52. The van der Waals surface area contributed by atoms with Gasteiger partial charge in [0.25, 0.3) is 5.91 Å². The van der Waals surface area contributed by atoms with E-state index < -0.39 is 6.10 Å². The van der Waals surface area contributed by atoms with Crippen molar-refractivity contribution in [3.8, 4) is 5.75 Å². The molecule has 0 aromatic heterocycles. The summed E-state index contributed by atoms with van der Waals surface area (Å²) in [5, 5.41) is 3.66. The van der Waals surface area contributed by atoms with E-state index in [1.54, 1.807) is 6.92 Å². The number of aryl methyl sites for hydroxylation is 3. The van der Waals surface area contributed by atoms with E-state index in [0.29, 0.717) is 6.54 Å². The second kappa shape index (κ2) is 8.74. The maximum absolute atomic E-state index is 12.1. The first-order valence-corrected chi connectivity index (χ1v) is 8.59. The first kappa shape index (κ1) is 18.3. The normalized spacial score (nSPS) is 11.8. The van der Waals surface area contributed by atoms with Gasteiger partial charge < -0.3 is 10.1 Å². The number of amides is 1. The predicted octanol–water partition coefficient (Wildman–Crippen LogP) is 4.47. The molecule has 0 spiro atoms. The summed E-state index contributed by atoms with van der Waals surface area (Å²) in [4.78, 5) is 12.1. The standard InChI is InChI=1S/C20H24ClNO2/c1-14-11-15(2)13-19(12-14)24-16(3)20(23)22-10-4-5-17-6-8-18(21)9-7-17/h6-9,11-13,16H,4-5,10H2,1-3H3,(H,22,23)/t16-/m1/s1. The zero-order valence-corrected chi connectivity index (χ0v) is 15.2. The van der Waals surface area contributed by atoms with Crippen molar-refractivity contribution in [2.24, 2.45) is 0 Å². The smallest absolute Gasteiger partial charge is 0.260 e. The number of hydrogen-bond donors (Lipinski definition) is 1. The van der Waals surface area contributed by atoms with Crippen molar-refractivity contribution in [1.29, 1.82) is 0 Å². The van der Waals surface area contributed by atoms with E-state index >= 15 is 0 Å². The highest BCUT2D eigenvalue weighted by Gasteiger charge is 2.14. The van der Waals surface area contributed by atoms with Crippen molar-refractivity contribution in [2.45, 2.75) is 39.7 Å². The Bertz CT molecular complexity index is 662. The lowest BCUT2D eigenvalue weighted by molar-refractivity contribution is -0.127.